The Morgan fingerprint density at radius 3 is 2.64 bits per heavy atom. The standard InChI is InChI=1S/C7H6NO5P/c9-14(10,11)6-3-5(4-13-6)7-8-1-2-12-7/h1-4H,(H2,9,10,11). The highest BCUT2D eigenvalue weighted by Crippen LogP contribution is 2.35. The first-order valence-electron chi connectivity index (χ1n) is 3.62. The molecule has 7 heteroatoms. The van der Waals surface area contributed by atoms with Crippen molar-refractivity contribution in [1.29, 1.82) is 0 Å². The minimum atomic E-state index is -4.34. The Balaban J connectivity index is 2.41. The third kappa shape index (κ3) is 1.63. The van der Waals surface area contributed by atoms with Crippen molar-refractivity contribution in [2.75, 3.05) is 0 Å². The highest BCUT2D eigenvalue weighted by Gasteiger charge is 2.23. The zero-order chi connectivity index (χ0) is 10.2. The lowest BCUT2D eigenvalue weighted by Gasteiger charge is -1.95. The summed E-state index contributed by atoms with van der Waals surface area (Å²) in [5.74, 6) is 0.258. The van der Waals surface area contributed by atoms with Gasteiger partial charge in [0.2, 0.25) is 11.4 Å². The van der Waals surface area contributed by atoms with E-state index in [2.05, 4.69) is 9.40 Å². The van der Waals surface area contributed by atoms with Crippen LogP contribution in [0.25, 0.3) is 11.5 Å². The Morgan fingerprint density at radius 1 is 1.36 bits per heavy atom. The molecule has 0 aliphatic carbocycles. The fourth-order valence-corrected chi connectivity index (χ4v) is 1.45. The Morgan fingerprint density at radius 2 is 2.14 bits per heavy atom. The summed E-state index contributed by atoms with van der Waals surface area (Å²) in [5, 5.41) is 0. The summed E-state index contributed by atoms with van der Waals surface area (Å²) in [6.07, 6.45) is 3.97. The molecule has 14 heavy (non-hydrogen) atoms. The topological polar surface area (TPSA) is 96.7 Å². The van der Waals surface area contributed by atoms with Crippen molar-refractivity contribution in [3.05, 3.63) is 24.8 Å². The summed E-state index contributed by atoms with van der Waals surface area (Å²) in [7, 11) is -4.34. The Hall–Kier alpha value is -1.36. The number of hydrogen-bond acceptors (Lipinski definition) is 4. The van der Waals surface area contributed by atoms with Crippen molar-refractivity contribution in [3.63, 3.8) is 0 Å². The summed E-state index contributed by atoms with van der Waals surface area (Å²) >= 11 is 0. The van der Waals surface area contributed by atoms with E-state index < -0.39 is 13.1 Å². The molecule has 0 atom stereocenters. The number of oxazole rings is 1. The molecule has 0 aliphatic rings. The summed E-state index contributed by atoms with van der Waals surface area (Å²) in [5.41, 5.74) is -0.000903. The lowest BCUT2D eigenvalue weighted by molar-refractivity contribution is 0.376. The fraction of sp³-hybridized carbons (Fsp3) is 0. The van der Waals surface area contributed by atoms with Crippen molar-refractivity contribution in [2.24, 2.45) is 0 Å². The third-order valence-corrected chi connectivity index (χ3v) is 2.36. The number of rotatable bonds is 2. The van der Waals surface area contributed by atoms with Crippen molar-refractivity contribution >= 4 is 13.1 Å². The van der Waals surface area contributed by atoms with E-state index in [9.17, 15) is 4.57 Å². The molecule has 0 radical (unpaired) electrons. The molecule has 2 N–H and O–H groups in total. The first-order valence-corrected chi connectivity index (χ1v) is 5.23. The average molecular weight is 215 g/mol. The van der Waals surface area contributed by atoms with Crippen molar-refractivity contribution in [2.45, 2.75) is 0 Å². The van der Waals surface area contributed by atoms with Crippen molar-refractivity contribution in [1.82, 2.24) is 4.98 Å². The second-order valence-electron chi connectivity index (χ2n) is 2.55. The number of furan rings is 1. The number of nitrogens with zero attached hydrogens (tertiary/aromatic N) is 1. The monoisotopic (exact) mass is 215 g/mol. The molecule has 74 valence electrons. The fourth-order valence-electron chi connectivity index (χ4n) is 0.956. The maximum absolute atomic E-state index is 10.8. The highest BCUT2D eigenvalue weighted by molar-refractivity contribution is 7.59. The average Bonchev–Trinajstić information content (AvgIpc) is 2.73. The van der Waals surface area contributed by atoms with Crippen LogP contribution in [0.5, 0.6) is 0 Å². The molecule has 0 amide bonds. The van der Waals surface area contributed by atoms with Crippen LogP contribution in [0.2, 0.25) is 0 Å². The van der Waals surface area contributed by atoms with Crippen molar-refractivity contribution < 1.29 is 23.2 Å². The van der Waals surface area contributed by atoms with Crippen molar-refractivity contribution in [3.8, 4) is 11.5 Å². The predicted octanol–water partition coefficient (Wildman–Crippen LogP) is 0.738. The van der Waals surface area contributed by atoms with Gasteiger partial charge in [-0.25, -0.2) is 4.98 Å². The first kappa shape index (κ1) is 9.21. The van der Waals surface area contributed by atoms with Crippen LogP contribution in [0.1, 0.15) is 0 Å². The summed E-state index contributed by atoms with van der Waals surface area (Å²) in [4.78, 5) is 21.3. The summed E-state index contributed by atoms with van der Waals surface area (Å²) in [6.45, 7) is 0. The predicted molar refractivity (Wildman–Crippen MR) is 45.9 cm³/mol. The Labute approximate surface area is 78.3 Å². The summed E-state index contributed by atoms with van der Waals surface area (Å²) in [6, 6.07) is 1.20. The van der Waals surface area contributed by atoms with Crippen LogP contribution >= 0.6 is 7.60 Å². The van der Waals surface area contributed by atoms with Gasteiger partial charge in [-0.2, -0.15) is 0 Å². The van der Waals surface area contributed by atoms with E-state index in [1.807, 2.05) is 0 Å². The second-order valence-corrected chi connectivity index (χ2v) is 4.08. The molecule has 0 spiro atoms. The van der Waals surface area contributed by atoms with Crippen LogP contribution in [-0.2, 0) is 4.57 Å². The van der Waals surface area contributed by atoms with Gasteiger partial charge in [0.1, 0.15) is 12.5 Å². The molecule has 0 aromatic carbocycles. The van der Waals surface area contributed by atoms with E-state index in [0.29, 0.717) is 5.56 Å². The maximum Gasteiger partial charge on any atom is 0.391 e. The quantitative estimate of drug-likeness (QED) is 0.717. The van der Waals surface area contributed by atoms with E-state index in [-0.39, 0.29) is 5.89 Å². The van der Waals surface area contributed by atoms with Crippen LogP contribution < -0.4 is 5.50 Å². The number of aromatic nitrogens is 1. The lowest BCUT2D eigenvalue weighted by atomic mass is 10.3. The van der Waals surface area contributed by atoms with E-state index >= 15 is 0 Å². The normalized spacial score (nSPS) is 11.9. The smallest absolute Gasteiger partial charge is 0.391 e. The zero-order valence-corrected chi connectivity index (χ0v) is 7.72. The molecule has 2 rings (SSSR count). The molecule has 2 aromatic heterocycles. The Bertz CT molecular complexity index is 468. The van der Waals surface area contributed by atoms with E-state index in [1.165, 1.54) is 24.8 Å². The molecule has 0 saturated heterocycles. The SMILES string of the molecule is O=P(O)(O)c1cc(-c2ncco2)co1. The first-order chi connectivity index (χ1) is 6.57. The van der Waals surface area contributed by atoms with Crippen LogP contribution in [0, 0.1) is 0 Å². The minimum Gasteiger partial charge on any atom is -0.456 e. The lowest BCUT2D eigenvalue weighted by Crippen LogP contribution is -1.98. The molecule has 6 nitrogen and oxygen atoms in total. The molecular weight excluding hydrogens is 209 g/mol. The van der Waals surface area contributed by atoms with Gasteiger partial charge in [0.15, 0.2) is 0 Å². The largest absolute Gasteiger partial charge is 0.456 e. The van der Waals surface area contributed by atoms with Gasteiger partial charge in [-0.3, -0.25) is 4.57 Å². The summed E-state index contributed by atoms with van der Waals surface area (Å²) < 4.78 is 20.4. The van der Waals surface area contributed by atoms with Gasteiger partial charge < -0.3 is 18.6 Å². The van der Waals surface area contributed by atoms with Gasteiger partial charge in [0.25, 0.3) is 0 Å². The molecule has 0 aliphatic heterocycles. The van der Waals surface area contributed by atoms with Crippen LogP contribution in [0.15, 0.2) is 33.6 Å². The Kier molecular flexibility index (Phi) is 2.03. The molecule has 2 aromatic rings. The van der Waals surface area contributed by atoms with Gasteiger partial charge in [-0.15, -0.1) is 0 Å². The molecule has 2 heterocycles. The van der Waals surface area contributed by atoms with E-state index in [1.54, 1.807) is 0 Å². The zero-order valence-electron chi connectivity index (χ0n) is 6.82. The van der Waals surface area contributed by atoms with Crippen LogP contribution in [0.4, 0.5) is 0 Å². The number of hydrogen-bond donors (Lipinski definition) is 2. The van der Waals surface area contributed by atoms with E-state index in [4.69, 9.17) is 14.2 Å². The van der Waals surface area contributed by atoms with E-state index in [0.717, 1.165) is 0 Å². The molecule has 0 unspecified atom stereocenters. The second kappa shape index (κ2) is 3.09. The molecule has 0 fully saturated rings. The van der Waals surface area contributed by atoms with Crippen LogP contribution in [-0.4, -0.2) is 14.8 Å². The minimum absolute atomic E-state index is 0.258. The third-order valence-electron chi connectivity index (χ3n) is 1.55. The highest BCUT2D eigenvalue weighted by atomic mass is 31.2. The molecule has 0 bridgehead atoms. The molecular formula is C7H6NO5P. The maximum atomic E-state index is 10.8. The van der Waals surface area contributed by atoms with Gasteiger partial charge in [-0.05, 0) is 0 Å². The van der Waals surface area contributed by atoms with Gasteiger partial charge in [0, 0.05) is 6.07 Å². The molecule has 0 saturated carbocycles. The van der Waals surface area contributed by atoms with Gasteiger partial charge in [0.05, 0.1) is 11.8 Å². The van der Waals surface area contributed by atoms with Gasteiger partial charge >= 0.3 is 7.60 Å². The van der Waals surface area contributed by atoms with Crippen LogP contribution in [0.3, 0.4) is 0 Å². The van der Waals surface area contributed by atoms with Gasteiger partial charge in [-0.1, -0.05) is 0 Å².